The first-order valence-electron chi connectivity index (χ1n) is 9.84. The number of nitrogens with one attached hydrogen (secondary N) is 2. The second-order valence-corrected chi connectivity index (χ2v) is 7.40. The van der Waals surface area contributed by atoms with E-state index in [1.807, 2.05) is 48.5 Å². The number of carbonyl (C=O) groups excluding carboxylic acids is 1. The van der Waals surface area contributed by atoms with Crippen LogP contribution >= 0.6 is 0 Å². The summed E-state index contributed by atoms with van der Waals surface area (Å²) >= 11 is 0. The molecular formula is C24H28FN3O+2. The van der Waals surface area contributed by atoms with Crippen LogP contribution in [0.2, 0.25) is 0 Å². The van der Waals surface area contributed by atoms with Gasteiger partial charge < -0.3 is 15.5 Å². The van der Waals surface area contributed by atoms with Crippen molar-refractivity contribution in [3.05, 3.63) is 102 Å². The highest BCUT2D eigenvalue weighted by molar-refractivity contribution is 5.94. The van der Waals surface area contributed by atoms with Crippen LogP contribution in [0.25, 0.3) is 0 Å². The summed E-state index contributed by atoms with van der Waals surface area (Å²) in [4.78, 5) is 14.4. The SMILES string of the molecule is C[NH+](C)[C@@H](C[NH2+][C@H](C(=O)Nc1ccc(F)cc1)c1ccccc1)c1ccccc1. The lowest BCUT2D eigenvalue weighted by molar-refractivity contribution is -0.911. The molecule has 0 fully saturated rings. The number of hydrogen-bond donors (Lipinski definition) is 3. The Bertz CT molecular complexity index is 898. The number of halogens is 1. The van der Waals surface area contributed by atoms with Gasteiger partial charge in [-0.05, 0) is 24.3 Å². The third-order valence-corrected chi connectivity index (χ3v) is 5.06. The van der Waals surface area contributed by atoms with Crippen LogP contribution < -0.4 is 15.5 Å². The van der Waals surface area contributed by atoms with Crippen LogP contribution in [0, 0.1) is 5.82 Å². The monoisotopic (exact) mass is 393 g/mol. The molecular weight excluding hydrogens is 365 g/mol. The molecule has 3 aromatic carbocycles. The van der Waals surface area contributed by atoms with E-state index in [0.717, 1.165) is 12.1 Å². The highest BCUT2D eigenvalue weighted by Crippen LogP contribution is 2.14. The molecule has 0 saturated carbocycles. The molecule has 150 valence electrons. The van der Waals surface area contributed by atoms with Gasteiger partial charge in [0.1, 0.15) is 12.4 Å². The lowest BCUT2D eigenvalue weighted by Gasteiger charge is -2.23. The van der Waals surface area contributed by atoms with Gasteiger partial charge in [-0.3, -0.25) is 4.79 Å². The van der Waals surface area contributed by atoms with E-state index in [1.165, 1.54) is 22.6 Å². The number of hydrogen-bond acceptors (Lipinski definition) is 1. The van der Waals surface area contributed by atoms with E-state index in [9.17, 15) is 9.18 Å². The molecule has 1 amide bonds. The molecule has 0 heterocycles. The second-order valence-electron chi connectivity index (χ2n) is 7.40. The summed E-state index contributed by atoms with van der Waals surface area (Å²) in [5, 5.41) is 5.00. The molecule has 0 bridgehead atoms. The first-order chi connectivity index (χ1) is 14.0. The Balaban J connectivity index is 1.78. The lowest BCUT2D eigenvalue weighted by atomic mass is 10.0. The predicted molar refractivity (Wildman–Crippen MR) is 113 cm³/mol. The van der Waals surface area contributed by atoms with Crippen molar-refractivity contribution in [2.45, 2.75) is 12.1 Å². The Labute approximate surface area is 171 Å². The Morgan fingerprint density at radius 2 is 1.45 bits per heavy atom. The van der Waals surface area contributed by atoms with Crippen molar-refractivity contribution < 1.29 is 19.4 Å². The third kappa shape index (κ3) is 5.73. The quantitative estimate of drug-likeness (QED) is 0.538. The molecule has 4 nitrogen and oxygen atoms in total. The molecule has 4 N–H and O–H groups in total. The van der Waals surface area contributed by atoms with Gasteiger partial charge in [0.25, 0.3) is 5.91 Å². The van der Waals surface area contributed by atoms with Crippen molar-refractivity contribution in [1.82, 2.24) is 0 Å². The minimum atomic E-state index is -0.396. The molecule has 0 saturated heterocycles. The molecule has 0 aliphatic carbocycles. The van der Waals surface area contributed by atoms with Gasteiger partial charge >= 0.3 is 0 Å². The summed E-state index contributed by atoms with van der Waals surface area (Å²) < 4.78 is 13.2. The molecule has 2 atom stereocenters. The van der Waals surface area contributed by atoms with Gasteiger partial charge in [-0.15, -0.1) is 0 Å². The summed E-state index contributed by atoms with van der Waals surface area (Å²) in [6.45, 7) is 0.753. The van der Waals surface area contributed by atoms with Crippen molar-refractivity contribution in [1.29, 1.82) is 0 Å². The summed E-state index contributed by atoms with van der Waals surface area (Å²) in [7, 11) is 4.25. The molecule has 3 rings (SSSR count). The molecule has 0 spiro atoms. The number of amides is 1. The topological polar surface area (TPSA) is 50.2 Å². The van der Waals surface area contributed by atoms with Crippen molar-refractivity contribution in [3.63, 3.8) is 0 Å². The molecule has 0 aliphatic rings. The van der Waals surface area contributed by atoms with E-state index in [4.69, 9.17) is 0 Å². The van der Waals surface area contributed by atoms with E-state index in [1.54, 1.807) is 12.1 Å². The first-order valence-corrected chi connectivity index (χ1v) is 9.84. The average molecular weight is 394 g/mol. The van der Waals surface area contributed by atoms with Crippen LogP contribution in [-0.4, -0.2) is 26.5 Å². The predicted octanol–water partition coefficient (Wildman–Crippen LogP) is 1.95. The fourth-order valence-electron chi connectivity index (χ4n) is 3.47. The van der Waals surface area contributed by atoms with Crippen molar-refractivity contribution in [2.75, 3.05) is 26.0 Å². The average Bonchev–Trinajstić information content (AvgIpc) is 2.74. The molecule has 0 unspecified atom stereocenters. The second kappa shape index (κ2) is 9.96. The van der Waals surface area contributed by atoms with E-state index >= 15 is 0 Å². The number of anilines is 1. The van der Waals surface area contributed by atoms with E-state index < -0.39 is 6.04 Å². The van der Waals surface area contributed by atoms with Crippen LogP contribution in [-0.2, 0) is 4.79 Å². The first kappa shape index (κ1) is 20.7. The summed E-state index contributed by atoms with van der Waals surface area (Å²) in [5.41, 5.74) is 2.77. The molecule has 3 aromatic rings. The Morgan fingerprint density at radius 1 is 0.897 bits per heavy atom. The van der Waals surface area contributed by atoms with Gasteiger partial charge in [0.05, 0.1) is 14.1 Å². The van der Waals surface area contributed by atoms with Gasteiger partial charge in [0.15, 0.2) is 12.1 Å². The fourth-order valence-corrected chi connectivity index (χ4v) is 3.47. The number of likely N-dealkylation sites (N-methyl/N-ethyl adjacent to an activating group) is 1. The van der Waals surface area contributed by atoms with Crippen LogP contribution in [0.1, 0.15) is 23.2 Å². The minimum Gasteiger partial charge on any atom is -0.329 e. The Morgan fingerprint density at radius 3 is 2.00 bits per heavy atom. The Hall–Kier alpha value is -3.02. The highest BCUT2D eigenvalue weighted by atomic mass is 19.1. The molecule has 0 aromatic heterocycles. The number of benzene rings is 3. The number of rotatable bonds is 8. The van der Waals surface area contributed by atoms with Gasteiger partial charge in [-0.1, -0.05) is 60.7 Å². The molecule has 5 heteroatoms. The summed E-state index contributed by atoms with van der Waals surface area (Å²) in [6.07, 6.45) is 0. The largest absolute Gasteiger partial charge is 0.329 e. The summed E-state index contributed by atoms with van der Waals surface area (Å²) in [5.74, 6) is -0.447. The molecule has 29 heavy (non-hydrogen) atoms. The zero-order chi connectivity index (χ0) is 20.6. The van der Waals surface area contributed by atoms with Gasteiger partial charge in [-0.2, -0.15) is 0 Å². The van der Waals surface area contributed by atoms with Gasteiger partial charge in [0, 0.05) is 16.8 Å². The van der Waals surface area contributed by atoms with Crippen LogP contribution in [0.15, 0.2) is 84.9 Å². The zero-order valence-corrected chi connectivity index (χ0v) is 16.8. The Kier molecular flexibility index (Phi) is 7.11. The van der Waals surface area contributed by atoms with Crippen LogP contribution in [0.3, 0.4) is 0 Å². The number of nitrogens with two attached hydrogens (primary N) is 1. The van der Waals surface area contributed by atoms with E-state index in [2.05, 4.69) is 36.9 Å². The van der Waals surface area contributed by atoms with Gasteiger partial charge in [0.2, 0.25) is 0 Å². The van der Waals surface area contributed by atoms with E-state index in [0.29, 0.717) is 5.69 Å². The number of carbonyl (C=O) groups is 1. The minimum absolute atomic E-state index is 0.122. The maximum Gasteiger partial charge on any atom is 0.287 e. The third-order valence-electron chi connectivity index (χ3n) is 5.06. The maximum atomic E-state index is 13.2. The van der Waals surface area contributed by atoms with Crippen LogP contribution in [0.4, 0.5) is 10.1 Å². The van der Waals surface area contributed by atoms with Gasteiger partial charge in [-0.25, -0.2) is 4.39 Å². The van der Waals surface area contributed by atoms with Crippen molar-refractivity contribution >= 4 is 11.6 Å². The normalized spacial score (nSPS) is 13.1. The fraction of sp³-hybridized carbons (Fsp3) is 0.208. The summed E-state index contributed by atoms with van der Waals surface area (Å²) in [6, 6.07) is 25.8. The lowest BCUT2D eigenvalue weighted by Crippen LogP contribution is -3.10. The van der Waals surface area contributed by atoms with Crippen molar-refractivity contribution in [3.8, 4) is 0 Å². The molecule has 0 radical (unpaired) electrons. The van der Waals surface area contributed by atoms with Crippen LogP contribution in [0.5, 0.6) is 0 Å². The highest BCUT2D eigenvalue weighted by Gasteiger charge is 2.28. The van der Waals surface area contributed by atoms with E-state index in [-0.39, 0.29) is 17.8 Å². The molecule has 0 aliphatic heterocycles. The zero-order valence-electron chi connectivity index (χ0n) is 16.8. The smallest absolute Gasteiger partial charge is 0.287 e. The standard InChI is InChI=1S/C24H26FN3O/c1-28(2)22(18-9-5-3-6-10-18)17-26-23(19-11-7-4-8-12-19)24(29)27-21-15-13-20(25)14-16-21/h3-16,22-23,26H,17H2,1-2H3,(H,27,29)/p+2/t22-,23-/m0/s1. The van der Waals surface area contributed by atoms with Crippen molar-refractivity contribution in [2.24, 2.45) is 0 Å². The maximum absolute atomic E-state index is 13.2. The number of quaternary nitrogens is 2.